The third-order valence-corrected chi connectivity index (χ3v) is 1.97. The lowest BCUT2D eigenvalue weighted by atomic mass is 10.1. The molecule has 1 aromatic heterocycles. The molecule has 0 aliphatic heterocycles. The normalized spacial score (nSPS) is 11.6. The fourth-order valence-electron chi connectivity index (χ4n) is 1.30. The molecule has 2 aromatic rings. The largest absolute Gasteiger partial charge is 0.515 e. The van der Waals surface area contributed by atoms with Gasteiger partial charge in [0.25, 0.3) is 0 Å². The van der Waals surface area contributed by atoms with Crippen molar-refractivity contribution in [3.63, 3.8) is 0 Å². The van der Waals surface area contributed by atoms with E-state index in [0.717, 1.165) is 11.8 Å². The molecule has 0 fully saturated rings. The number of nitrogens with one attached hydrogen (secondary N) is 1. The number of aromatic nitrogens is 2. The highest BCUT2D eigenvalue weighted by Gasteiger charge is 2.05. The van der Waals surface area contributed by atoms with Gasteiger partial charge in [-0.1, -0.05) is 30.3 Å². The van der Waals surface area contributed by atoms with E-state index in [1.54, 1.807) is 12.4 Å². The maximum absolute atomic E-state index is 9.13. The molecule has 0 saturated heterocycles. The maximum Gasteiger partial charge on any atom is 0.140 e. The molecule has 0 saturated carbocycles. The molecule has 2 rings (SSSR count). The standard InChI is InChI=1S/C11H10N2O/c14-8-10(11-12-6-7-13-11)9-4-2-1-3-5-9/h1-8,14H,(H,12,13). The van der Waals surface area contributed by atoms with Crippen LogP contribution >= 0.6 is 0 Å². The van der Waals surface area contributed by atoms with Crippen molar-refractivity contribution < 1.29 is 5.11 Å². The minimum Gasteiger partial charge on any atom is -0.515 e. The SMILES string of the molecule is OC=C(c1ccccc1)c1ncc[nH]1. The van der Waals surface area contributed by atoms with Gasteiger partial charge >= 0.3 is 0 Å². The first-order chi connectivity index (χ1) is 6.92. The monoisotopic (exact) mass is 186 g/mol. The van der Waals surface area contributed by atoms with Crippen LogP contribution in [0, 0.1) is 0 Å². The van der Waals surface area contributed by atoms with Gasteiger partial charge in [-0.15, -0.1) is 0 Å². The summed E-state index contributed by atoms with van der Waals surface area (Å²) in [6.45, 7) is 0. The average molecular weight is 186 g/mol. The highest BCUT2D eigenvalue weighted by molar-refractivity contribution is 5.75. The fourth-order valence-corrected chi connectivity index (χ4v) is 1.30. The Morgan fingerprint density at radius 1 is 1.29 bits per heavy atom. The first-order valence-corrected chi connectivity index (χ1v) is 4.31. The third kappa shape index (κ3) is 1.52. The van der Waals surface area contributed by atoms with Gasteiger partial charge in [0.05, 0.1) is 11.8 Å². The van der Waals surface area contributed by atoms with Gasteiger partial charge in [-0.25, -0.2) is 4.98 Å². The van der Waals surface area contributed by atoms with Crippen molar-refractivity contribution in [2.75, 3.05) is 0 Å². The molecular formula is C11H10N2O. The van der Waals surface area contributed by atoms with Crippen LogP contribution in [0.1, 0.15) is 11.4 Å². The van der Waals surface area contributed by atoms with E-state index in [2.05, 4.69) is 9.97 Å². The number of hydrogen-bond donors (Lipinski definition) is 2. The van der Waals surface area contributed by atoms with Crippen LogP contribution < -0.4 is 0 Å². The number of H-pyrrole nitrogens is 1. The Labute approximate surface area is 81.8 Å². The van der Waals surface area contributed by atoms with Crippen LogP contribution in [0.15, 0.2) is 49.0 Å². The summed E-state index contributed by atoms with van der Waals surface area (Å²) in [5, 5.41) is 9.13. The Kier molecular flexibility index (Phi) is 2.32. The minimum atomic E-state index is 0.665. The first kappa shape index (κ1) is 8.56. The van der Waals surface area contributed by atoms with Gasteiger partial charge in [0, 0.05) is 12.4 Å². The number of aliphatic hydroxyl groups is 1. The number of rotatable bonds is 2. The van der Waals surface area contributed by atoms with E-state index in [1.165, 1.54) is 0 Å². The van der Waals surface area contributed by atoms with Crippen LogP contribution in [0.4, 0.5) is 0 Å². The summed E-state index contributed by atoms with van der Waals surface area (Å²) in [5.74, 6) is 0.665. The summed E-state index contributed by atoms with van der Waals surface area (Å²) in [6, 6.07) is 9.61. The Bertz CT molecular complexity index is 418. The second-order valence-corrected chi connectivity index (χ2v) is 2.85. The van der Waals surface area contributed by atoms with Crippen molar-refractivity contribution in [3.8, 4) is 0 Å². The Morgan fingerprint density at radius 3 is 2.64 bits per heavy atom. The summed E-state index contributed by atoms with van der Waals surface area (Å²) < 4.78 is 0. The zero-order chi connectivity index (χ0) is 9.80. The number of benzene rings is 1. The zero-order valence-corrected chi connectivity index (χ0v) is 7.51. The van der Waals surface area contributed by atoms with E-state index in [4.69, 9.17) is 5.11 Å². The minimum absolute atomic E-state index is 0.665. The molecule has 14 heavy (non-hydrogen) atoms. The molecule has 1 heterocycles. The number of aliphatic hydroxyl groups excluding tert-OH is 1. The summed E-state index contributed by atoms with van der Waals surface area (Å²) in [4.78, 5) is 7.03. The maximum atomic E-state index is 9.13. The van der Waals surface area contributed by atoms with Gasteiger partial charge in [-0.3, -0.25) is 0 Å². The number of hydrogen-bond acceptors (Lipinski definition) is 2. The number of nitrogens with zero attached hydrogens (tertiary/aromatic N) is 1. The summed E-state index contributed by atoms with van der Waals surface area (Å²) in [5.41, 5.74) is 1.63. The summed E-state index contributed by atoms with van der Waals surface area (Å²) in [6.07, 6.45) is 4.44. The van der Waals surface area contributed by atoms with Gasteiger partial charge in [0.1, 0.15) is 5.82 Å². The van der Waals surface area contributed by atoms with E-state index in [-0.39, 0.29) is 0 Å². The van der Waals surface area contributed by atoms with Crippen LogP contribution in [0.5, 0.6) is 0 Å². The number of aromatic amines is 1. The van der Waals surface area contributed by atoms with Gasteiger partial charge in [-0.2, -0.15) is 0 Å². The lowest BCUT2D eigenvalue weighted by Gasteiger charge is -2.01. The predicted molar refractivity (Wildman–Crippen MR) is 54.7 cm³/mol. The van der Waals surface area contributed by atoms with E-state index in [9.17, 15) is 0 Å². The van der Waals surface area contributed by atoms with E-state index < -0.39 is 0 Å². The molecule has 2 N–H and O–H groups in total. The smallest absolute Gasteiger partial charge is 0.140 e. The van der Waals surface area contributed by atoms with Crippen molar-refractivity contribution in [3.05, 3.63) is 60.4 Å². The molecule has 3 nitrogen and oxygen atoms in total. The Morgan fingerprint density at radius 2 is 2.07 bits per heavy atom. The van der Waals surface area contributed by atoms with Crippen LogP contribution in [0.2, 0.25) is 0 Å². The fraction of sp³-hybridized carbons (Fsp3) is 0. The lowest BCUT2D eigenvalue weighted by molar-refractivity contribution is 0.475. The van der Waals surface area contributed by atoms with Crippen LogP contribution in [0.25, 0.3) is 5.57 Å². The quantitative estimate of drug-likeness (QED) is 0.707. The molecule has 0 bridgehead atoms. The molecule has 0 aliphatic rings. The van der Waals surface area contributed by atoms with Crippen molar-refractivity contribution in [2.45, 2.75) is 0 Å². The van der Waals surface area contributed by atoms with Gasteiger partial charge in [-0.05, 0) is 5.56 Å². The topological polar surface area (TPSA) is 48.9 Å². The molecule has 0 spiro atoms. The molecule has 1 aromatic carbocycles. The van der Waals surface area contributed by atoms with E-state index >= 15 is 0 Å². The second-order valence-electron chi connectivity index (χ2n) is 2.85. The van der Waals surface area contributed by atoms with Gasteiger partial charge in [0.15, 0.2) is 0 Å². The van der Waals surface area contributed by atoms with Crippen LogP contribution in [0.3, 0.4) is 0 Å². The third-order valence-electron chi connectivity index (χ3n) is 1.97. The van der Waals surface area contributed by atoms with Crippen LogP contribution in [-0.4, -0.2) is 15.1 Å². The molecule has 0 radical (unpaired) electrons. The first-order valence-electron chi connectivity index (χ1n) is 4.31. The second kappa shape index (κ2) is 3.79. The summed E-state index contributed by atoms with van der Waals surface area (Å²) >= 11 is 0. The zero-order valence-electron chi connectivity index (χ0n) is 7.51. The van der Waals surface area contributed by atoms with Gasteiger partial charge in [0.2, 0.25) is 0 Å². The van der Waals surface area contributed by atoms with Crippen molar-refractivity contribution in [1.82, 2.24) is 9.97 Å². The van der Waals surface area contributed by atoms with E-state index in [1.807, 2.05) is 30.3 Å². The van der Waals surface area contributed by atoms with Crippen molar-refractivity contribution >= 4 is 5.57 Å². The predicted octanol–water partition coefficient (Wildman–Crippen LogP) is 2.36. The highest BCUT2D eigenvalue weighted by Crippen LogP contribution is 2.18. The van der Waals surface area contributed by atoms with Crippen molar-refractivity contribution in [1.29, 1.82) is 0 Å². The average Bonchev–Trinajstić information content (AvgIpc) is 2.74. The molecule has 0 aliphatic carbocycles. The van der Waals surface area contributed by atoms with Crippen LogP contribution in [-0.2, 0) is 0 Å². The highest BCUT2D eigenvalue weighted by atomic mass is 16.2. The van der Waals surface area contributed by atoms with Gasteiger partial charge < -0.3 is 10.1 Å². The molecular weight excluding hydrogens is 176 g/mol. The summed E-state index contributed by atoms with van der Waals surface area (Å²) in [7, 11) is 0. The van der Waals surface area contributed by atoms with Crippen molar-refractivity contribution in [2.24, 2.45) is 0 Å². The molecule has 70 valence electrons. The lowest BCUT2D eigenvalue weighted by Crippen LogP contribution is -1.89. The van der Waals surface area contributed by atoms with E-state index in [0.29, 0.717) is 11.4 Å². The molecule has 0 atom stereocenters. The molecule has 0 unspecified atom stereocenters. The number of imidazole rings is 1. The molecule has 3 heteroatoms. The Balaban J connectivity index is 2.43. The molecule has 0 amide bonds. The Hall–Kier alpha value is -2.03.